The molecule has 0 saturated heterocycles. The Hall–Kier alpha value is -2.44. The lowest BCUT2D eigenvalue weighted by Gasteiger charge is -2.14. The molecule has 1 N–H and O–H groups in total. The second kappa shape index (κ2) is 5.51. The van der Waals surface area contributed by atoms with Gasteiger partial charge in [-0.05, 0) is 17.7 Å². The van der Waals surface area contributed by atoms with Gasteiger partial charge in [0.05, 0.1) is 23.9 Å². The molecule has 0 atom stereocenters. The molecule has 0 amide bonds. The molecule has 2 rings (SSSR count). The number of hydrogen-bond acceptors (Lipinski definition) is 2. The van der Waals surface area contributed by atoms with Gasteiger partial charge in [-0.25, -0.2) is 4.39 Å². The summed E-state index contributed by atoms with van der Waals surface area (Å²) in [7, 11) is 0. The van der Waals surface area contributed by atoms with Crippen LogP contribution in [0.4, 0.5) is 17.6 Å². The van der Waals surface area contributed by atoms with Gasteiger partial charge >= 0.3 is 12.1 Å². The van der Waals surface area contributed by atoms with E-state index in [9.17, 15) is 22.4 Å². The van der Waals surface area contributed by atoms with E-state index in [4.69, 9.17) is 5.11 Å². The highest BCUT2D eigenvalue weighted by molar-refractivity contribution is 5.76. The van der Waals surface area contributed by atoms with Crippen LogP contribution in [0.25, 0.3) is 11.1 Å². The highest BCUT2D eigenvalue weighted by Gasteiger charge is 2.34. The summed E-state index contributed by atoms with van der Waals surface area (Å²) in [6, 6.07) is 5.43. The van der Waals surface area contributed by atoms with Crippen molar-refractivity contribution < 1.29 is 27.5 Å². The van der Waals surface area contributed by atoms with Gasteiger partial charge in [0.1, 0.15) is 5.82 Å². The van der Waals surface area contributed by atoms with Crippen LogP contribution in [0.15, 0.2) is 36.5 Å². The third-order valence-corrected chi connectivity index (χ3v) is 2.78. The molecule has 0 aliphatic heterocycles. The number of carbonyl (C=O) groups is 1. The minimum absolute atomic E-state index is 0.124. The maximum atomic E-state index is 13.3. The fourth-order valence-electron chi connectivity index (χ4n) is 1.95. The Morgan fingerprint density at radius 2 is 1.86 bits per heavy atom. The summed E-state index contributed by atoms with van der Waals surface area (Å²) < 4.78 is 52.3. The van der Waals surface area contributed by atoms with Crippen molar-refractivity contribution in [1.29, 1.82) is 0 Å². The average molecular weight is 299 g/mol. The largest absolute Gasteiger partial charge is 0.481 e. The zero-order chi connectivity index (χ0) is 15.6. The molecule has 0 fully saturated rings. The normalized spacial score (nSPS) is 11.4. The highest BCUT2D eigenvalue weighted by atomic mass is 19.4. The number of aliphatic carboxylic acids is 1. The molecule has 1 aromatic carbocycles. The molecule has 3 nitrogen and oxygen atoms in total. The topological polar surface area (TPSA) is 50.2 Å². The number of benzene rings is 1. The number of halogens is 4. The molecule has 0 spiro atoms. The molecular weight excluding hydrogens is 290 g/mol. The summed E-state index contributed by atoms with van der Waals surface area (Å²) >= 11 is 0. The van der Waals surface area contributed by atoms with Crippen molar-refractivity contribution in [3.05, 3.63) is 53.6 Å². The summed E-state index contributed by atoms with van der Waals surface area (Å²) in [4.78, 5) is 14.4. The summed E-state index contributed by atoms with van der Waals surface area (Å²) in [5.74, 6) is -2.10. The summed E-state index contributed by atoms with van der Waals surface area (Å²) in [6.45, 7) is 0. The highest BCUT2D eigenvalue weighted by Crippen LogP contribution is 2.37. The summed E-state index contributed by atoms with van der Waals surface area (Å²) in [6.07, 6.45) is -4.46. The molecule has 1 heterocycles. The van der Waals surface area contributed by atoms with E-state index in [0.29, 0.717) is 0 Å². The van der Waals surface area contributed by atoms with E-state index in [0.717, 1.165) is 24.4 Å². The molecule has 1 aromatic heterocycles. The predicted molar refractivity (Wildman–Crippen MR) is 66.0 cm³/mol. The van der Waals surface area contributed by atoms with Gasteiger partial charge in [0.25, 0.3) is 0 Å². The molecule has 110 valence electrons. The lowest BCUT2D eigenvalue weighted by Crippen LogP contribution is -2.10. The molecule has 2 aromatic rings. The maximum Gasteiger partial charge on any atom is 0.417 e. The van der Waals surface area contributed by atoms with Crippen LogP contribution in [0, 0.1) is 5.82 Å². The van der Waals surface area contributed by atoms with Gasteiger partial charge in [0.15, 0.2) is 0 Å². The maximum absolute atomic E-state index is 13.3. The van der Waals surface area contributed by atoms with Crippen LogP contribution in [-0.2, 0) is 17.4 Å². The van der Waals surface area contributed by atoms with Gasteiger partial charge in [-0.1, -0.05) is 18.2 Å². The van der Waals surface area contributed by atoms with Crippen molar-refractivity contribution in [3.8, 4) is 11.1 Å². The fraction of sp³-hybridized carbons (Fsp3) is 0.143. The second-order valence-corrected chi connectivity index (χ2v) is 4.26. The molecule has 0 aliphatic rings. The molecule has 0 unspecified atom stereocenters. The van der Waals surface area contributed by atoms with Crippen molar-refractivity contribution in [2.75, 3.05) is 0 Å². The van der Waals surface area contributed by atoms with Crippen LogP contribution >= 0.6 is 0 Å². The third-order valence-electron chi connectivity index (χ3n) is 2.78. The number of rotatable bonds is 3. The second-order valence-electron chi connectivity index (χ2n) is 4.26. The van der Waals surface area contributed by atoms with Crippen molar-refractivity contribution in [3.63, 3.8) is 0 Å². The molecule has 0 aliphatic carbocycles. The van der Waals surface area contributed by atoms with Crippen molar-refractivity contribution in [2.45, 2.75) is 12.6 Å². The number of hydrogen-bond donors (Lipinski definition) is 1. The first-order valence-corrected chi connectivity index (χ1v) is 5.82. The van der Waals surface area contributed by atoms with Crippen LogP contribution in [0.1, 0.15) is 11.3 Å². The predicted octanol–water partition coefficient (Wildman–Crippen LogP) is 3.53. The van der Waals surface area contributed by atoms with Crippen LogP contribution in [0.2, 0.25) is 0 Å². The van der Waals surface area contributed by atoms with Crippen LogP contribution in [-0.4, -0.2) is 16.1 Å². The van der Waals surface area contributed by atoms with Crippen LogP contribution in [0.3, 0.4) is 0 Å². The summed E-state index contributed by atoms with van der Waals surface area (Å²) in [5.41, 5.74) is -1.57. The first kappa shape index (κ1) is 15.0. The monoisotopic (exact) mass is 299 g/mol. The number of alkyl halides is 3. The quantitative estimate of drug-likeness (QED) is 0.882. The Labute approximate surface area is 116 Å². The fourth-order valence-corrected chi connectivity index (χ4v) is 1.95. The molecule has 0 bridgehead atoms. The first-order valence-electron chi connectivity index (χ1n) is 5.82. The van der Waals surface area contributed by atoms with Gasteiger partial charge in [0, 0.05) is 5.56 Å². The SMILES string of the molecule is O=C(O)Cc1ncc(F)cc1-c1ccccc1C(F)(F)F. The van der Waals surface area contributed by atoms with E-state index < -0.39 is 29.9 Å². The zero-order valence-corrected chi connectivity index (χ0v) is 10.5. The van der Waals surface area contributed by atoms with E-state index in [1.54, 1.807) is 0 Å². The molecule has 0 saturated carbocycles. The number of aromatic nitrogens is 1. The van der Waals surface area contributed by atoms with Gasteiger partial charge in [0.2, 0.25) is 0 Å². The van der Waals surface area contributed by atoms with E-state index in [2.05, 4.69) is 4.98 Å². The van der Waals surface area contributed by atoms with Crippen molar-refractivity contribution in [1.82, 2.24) is 4.98 Å². The number of carboxylic acid groups (broad SMARTS) is 1. The Morgan fingerprint density at radius 3 is 2.48 bits per heavy atom. The lowest BCUT2D eigenvalue weighted by molar-refractivity contribution is -0.137. The van der Waals surface area contributed by atoms with Gasteiger partial charge in [-0.15, -0.1) is 0 Å². The third kappa shape index (κ3) is 3.36. The molecular formula is C14H9F4NO2. The zero-order valence-electron chi connectivity index (χ0n) is 10.5. The van der Waals surface area contributed by atoms with E-state index in [1.165, 1.54) is 12.1 Å². The number of nitrogens with zero attached hydrogens (tertiary/aromatic N) is 1. The Balaban J connectivity index is 2.67. The smallest absolute Gasteiger partial charge is 0.417 e. The standard InChI is InChI=1S/C14H9F4NO2/c15-8-5-10(12(19-7-8)6-13(20)21)9-3-1-2-4-11(9)14(16,17)18/h1-5,7H,6H2,(H,20,21). The van der Waals surface area contributed by atoms with Crippen molar-refractivity contribution in [2.24, 2.45) is 0 Å². The van der Waals surface area contributed by atoms with Crippen LogP contribution < -0.4 is 0 Å². The van der Waals surface area contributed by atoms with Gasteiger partial charge in [-0.3, -0.25) is 9.78 Å². The van der Waals surface area contributed by atoms with Crippen LogP contribution in [0.5, 0.6) is 0 Å². The van der Waals surface area contributed by atoms with E-state index in [-0.39, 0.29) is 16.8 Å². The number of pyridine rings is 1. The average Bonchev–Trinajstić information content (AvgIpc) is 2.39. The van der Waals surface area contributed by atoms with E-state index >= 15 is 0 Å². The molecule has 21 heavy (non-hydrogen) atoms. The number of carboxylic acids is 1. The molecule has 0 radical (unpaired) electrons. The summed E-state index contributed by atoms with van der Waals surface area (Å²) in [5, 5.41) is 8.78. The van der Waals surface area contributed by atoms with Gasteiger partial charge < -0.3 is 5.11 Å². The Morgan fingerprint density at radius 1 is 1.19 bits per heavy atom. The minimum atomic E-state index is -4.64. The first-order chi connectivity index (χ1) is 9.79. The van der Waals surface area contributed by atoms with Gasteiger partial charge in [-0.2, -0.15) is 13.2 Å². The van der Waals surface area contributed by atoms with Crippen molar-refractivity contribution >= 4 is 5.97 Å². The Kier molecular flexibility index (Phi) is 3.93. The Bertz CT molecular complexity index is 683. The lowest BCUT2D eigenvalue weighted by atomic mass is 9.97. The minimum Gasteiger partial charge on any atom is -0.481 e. The molecule has 7 heteroatoms. The van der Waals surface area contributed by atoms with E-state index in [1.807, 2.05) is 0 Å².